The van der Waals surface area contributed by atoms with Gasteiger partial charge in [0.15, 0.2) is 0 Å². The van der Waals surface area contributed by atoms with Crippen LogP contribution in [-0.2, 0) is 6.54 Å². The number of piperidine rings is 1. The maximum Gasteiger partial charge on any atom is 0.142 e. The van der Waals surface area contributed by atoms with Gasteiger partial charge in [0.05, 0.1) is 24.1 Å². The van der Waals surface area contributed by atoms with E-state index in [-0.39, 0.29) is 0 Å². The van der Waals surface area contributed by atoms with Crippen LogP contribution < -0.4 is 10.6 Å². The van der Waals surface area contributed by atoms with Gasteiger partial charge in [0, 0.05) is 36.3 Å². The molecule has 6 heteroatoms. The van der Waals surface area contributed by atoms with Gasteiger partial charge in [0.2, 0.25) is 0 Å². The van der Waals surface area contributed by atoms with Crippen LogP contribution in [-0.4, -0.2) is 27.9 Å². The van der Waals surface area contributed by atoms with Gasteiger partial charge < -0.3 is 10.6 Å². The number of nitrogens with zero attached hydrogens (tertiary/aromatic N) is 5. The second-order valence-corrected chi connectivity index (χ2v) is 6.09. The molecule has 0 radical (unpaired) electrons. The highest BCUT2D eigenvalue weighted by Gasteiger charge is 2.36. The van der Waals surface area contributed by atoms with Crippen molar-refractivity contribution < 1.29 is 0 Å². The van der Waals surface area contributed by atoms with Crippen LogP contribution in [0.15, 0.2) is 25.0 Å². The number of nitriles is 1. The maximum atomic E-state index is 9.61. The summed E-state index contributed by atoms with van der Waals surface area (Å²) in [5.41, 5.74) is 10.5. The molecule has 0 saturated carbocycles. The van der Waals surface area contributed by atoms with Crippen molar-refractivity contribution >= 4 is 11.5 Å². The van der Waals surface area contributed by atoms with Crippen molar-refractivity contribution in [3.63, 3.8) is 0 Å². The largest absolute Gasteiger partial charge is 0.383 e. The number of aromatic nitrogens is 3. The molecular weight excluding hydrogens is 288 g/mol. The average molecular weight is 306 g/mol. The maximum absolute atomic E-state index is 9.61. The number of fused-ring (bicyclic) bond motifs is 2. The molecule has 5 heterocycles. The molecule has 0 amide bonds. The molecule has 6 nitrogen and oxygen atoms in total. The summed E-state index contributed by atoms with van der Waals surface area (Å²) >= 11 is 0. The molecule has 0 aromatic carbocycles. The van der Waals surface area contributed by atoms with Crippen molar-refractivity contribution in [3.05, 3.63) is 36.3 Å². The molecule has 0 atom stereocenters. The van der Waals surface area contributed by atoms with Gasteiger partial charge in [-0.3, -0.25) is 4.68 Å². The van der Waals surface area contributed by atoms with E-state index >= 15 is 0 Å². The third-order valence-electron chi connectivity index (χ3n) is 4.77. The van der Waals surface area contributed by atoms with Crippen molar-refractivity contribution in [2.75, 3.05) is 23.7 Å². The van der Waals surface area contributed by atoms with Gasteiger partial charge in [-0.15, -0.1) is 6.58 Å². The number of hydrogen-bond donors (Lipinski definition) is 1. The molecule has 116 valence electrons. The molecule has 3 aliphatic heterocycles. The topological polar surface area (TPSA) is 83.8 Å². The smallest absolute Gasteiger partial charge is 0.142 e. The molecule has 2 aromatic heterocycles. The minimum Gasteiger partial charge on any atom is -0.383 e. The molecule has 0 aliphatic carbocycles. The van der Waals surface area contributed by atoms with Crippen molar-refractivity contribution in [1.82, 2.24) is 14.8 Å². The molecule has 2 bridgehead atoms. The number of anilines is 2. The molecule has 5 rings (SSSR count). The van der Waals surface area contributed by atoms with E-state index in [1.165, 1.54) is 0 Å². The lowest BCUT2D eigenvalue weighted by molar-refractivity contribution is 0.465. The molecule has 2 N–H and O–H groups in total. The summed E-state index contributed by atoms with van der Waals surface area (Å²) in [6.45, 7) is 6.40. The van der Waals surface area contributed by atoms with Crippen molar-refractivity contribution in [2.45, 2.75) is 25.3 Å². The predicted octanol–water partition coefficient (Wildman–Crippen LogP) is 2.28. The Morgan fingerprint density at radius 2 is 2.22 bits per heavy atom. The number of nitrogens with two attached hydrogens (primary N) is 1. The van der Waals surface area contributed by atoms with Gasteiger partial charge in [-0.2, -0.15) is 10.4 Å². The van der Waals surface area contributed by atoms with Crippen LogP contribution in [0.25, 0.3) is 11.1 Å². The van der Waals surface area contributed by atoms with E-state index in [0.717, 1.165) is 48.4 Å². The molecule has 23 heavy (non-hydrogen) atoms. The van der Waals surface area contributed by atoms with Crippen LogP contribution in [0.4, 0.5) is 11.5 Å². The summed E-state index contributed by atoms with van der Waals surface area (Å²) in [6, 6.07) is 2.24. The fourth-order valence-electron chi connectivity index (χ4n) is 3.71. The first kappa shape index (κ1) is 13.8. The van der Waals surface area contributed by atoms with Gasteiger partial charge >= 0.3 is 0 Å². The Morgan fingerprint density at radius 3 is 2.91 bits per heavy atom. The van der Waals surface area contributed by atoms with E-state index in [1.54, 1.807) is 12.3 Å². The van der Waals surface area contributed by atoms with Crippen LogP contribution in [0.2, 0.25) is 0 Å². The van der Waals surface area contributed by atoms with Gasteiger partial charge in [0.25, 0.3) is 0 Å². The summed E-state index contributed by atoms with van der Waals surface area (Å²) in [6.07, 6.45) is 7.76. The molecule has 0 unspecified atom stereocenters. The fraction of sp³-hybridized carbons (Fsp3) is 0.353. The number of pyridine rings is 1. The van der Waals surface area contributed by atoms with Crippen molar-refractivity contribution in [3.8, 4) is 17.2 Å². The Labute approximate surface area is 134 Å². The summed E-state index contributed by atoms with van der Waals surface area (Å²) in [4.78, 5) is 6.90. The summed E-state index contributed by atoms with van der Waals surface area (Å²) in [5.74, 6) is 0.776. The van der Waals surface area contributed by atoms with E-state index < -0.39 is 0 Å². The highest BCUT2D eigenvalue weighted by atomic mass is 15.3. The highest BCUT2D eigenvalue weighted by Crippen LogP contribution is 2.48. The van der Waals surface area contributed by atoms with E-state index in [1.807, 2.05) is 10.9 Å². The fourth-order valence-corrected chi connectivity index (χ4v) is 3.71. The first-order chi connectivity index (χ1) is 11.2. The molecular formula is C17H18N6. The molecule has 2 aromatic rings. The van der Waals surface area contributed by atoms with Gasteiger partial charge in [-0.05, 0) is 12.8 Å². The Hall–Kier alpha value is -2.81. The Morgan fingerprint density at radius 1 is 1.43 bits per heavy atom. The lowest BCUT2D eigenvalue weighted by Crippen LogP contribution is -2.40. The molecule has 0 spiro atoms. The SMILES string of the molecule is C=CCn1cc(-c2c(C#N)c(N)nc3c2N2CCC3CC2)cn1. The number of hydrogen-bond acceptors (Lipinski definition) is 5. The Balaban J connectivity index is 1.97. The lowest BCUT2D eigenvalue weighted by Gasteiger charge is -2.42. The zero-order valence-corrected chi connectivity index (χ0v) is 12.9. The predicted molar refractivity (Wildman–Crippen MR) is 89.0 cm³/mol. The van der Waals surface area contributed by atoms with Gasteiger partial charge in [-0.1, -0.05) is 6.08 Å². The van der Waals surface area contributed by atoms with Crippen LogP contribution in [0.5, 0.6) is 0 Å². The summed E-state index contributed by atoms with van der Waals surface area (Å²) in [5, 5.41) is 14.0. The second kappa shape index (κ2) is 5.13. The molecule has 1 saturated heterocycles. The summed E-state index contributed by atoms with van der Waals surface area (Å²) < 4.78 is 1.81. The minimum atomic E-state index is 0.325. The van der Waals surface area contributed by atoms with Crippen molar-refractivity contribution in [1.29, 1.82) is 5.26 Å². The van der Waals surface area contributed by atoms with Crippen LogP contribution in [0.1, 0.15) is 30.0 Å². The Bertz CT molecular complexity index is 820. The lowest BCUT2D eigenvalue weighted by atomic mass is 9.83. The van der Waals surface area contributed by atoms with E-state index in [0.29, 0.717) is 23.8 Å². The monoisotopic (exact) mass is 306 g/mol. The van der Waals surface area contributed by atoms with Gasteiger partial charge in [0.1, 0.15) is 17.5 Å². The molecule has 3 aliphatic rings. The van der Waals surface area contributed by atoms with Crippen molar-refractivity contribution in [2.24, 2.45) is 0 Å². The third kappa shape index (κ3) is 2.00. The molecule has 1 fully saturated rings. The van der Waals surface area contributed by atoms with Crippen LogP contribution in [0.3, 0.4) is 0 Å². The van der Waals surface area contributed by atoms with E-state index in [9.17, 15) is 5.26 Å². The first-order valence-corrected chi connectivity index (χ1v) is 7.85. The first-order valence-electron chi connectivity index (χ1n) is 7.85. The number of nitrogen functional groups attached to an aromatic ring is 1. The van der Waals surface area contributed by atoms with Crippen LogP contribution >= 0.6 is 0 Å². The highest BCUT2D eigenvalue weighted by molar-refractivity contribution is 5.88. The zero-order valence-electron chi connectivity index (χ0n) is 12.9. The van der Waals surface area contributed by atoms with E-state index in [4.69, 9.17) is 5.73 Å². The zero-order chi connectivity index (χ0) is 16.0. The normalized spacial score (nSPS) is 16.2. The number of rotatable bonds is 3. The second-order valence-electron chi connectivity index (χ2n) is 6.09. The quantitative estimate of drug-likeness (QED) is 0.880. The number of allylic oxidation sites excluding steroid dienone is 1. The average Bonchev–Trinajstić information content (AvgIpc) is 3.03. The summed E-state index contributed by atoms with van der Waals surface area (Å²) in [7, 11) is 0. The Kier molecular flexibility index (Phi) is 3.08. The standard InChI is InChI=1S/C17H18N6/c1-2-5-23-10-12(9-20-23)14-13(8-18)17(19)21-15-11-3-6-22(7-4-11)16(14)15/h2,9-11H,1,3-7H2,(H2,19,21). The van der Waals surface area contributed by atoms with Crippen LogP contribution in [0, 0.1) is 11.3 Å². The third-order valence-corrected chi connectivity index (χ3v) is 4.77. The van der Waals surface area contributed by atoms with Gasteiger partial charge in [-0.25, -0.2) is 4.98 Å². The minimum absolute atomic E-state index is 0.325. The van der Waals surface area contributed by atoms with E-state index in [2.05, 4.69) is 27.6 Å².